The van der Waals surface area contributed by atoms with E-state index in [0.717, 1.165) is 0 Å². The van der Waals surface area contributed by atoms with Gasteiger partial charge in [-0.05, 0) is 18.2 Å². The highest BCUT2D eigenvalue weighted by Gasteiger charge is 2.12. The number of aromatic nitrogens is 2. The Hall–Kier alpha value is -1.36. The first-order valence-electron chi connectivity index (χ1n) is 4.32. The maximum atomic E-state index is 13.6. The monoisotopic (exact) mass is 269 g/mol. The third kappa shape index (κ3) is 1.74. The van der Waals surface area contributed by atoms with Gasteiger partial charge in [-0.25, -0.2) is 4.39 Å². The molecule has 2 rings (SSSR count). The van der Waals surface area contributed by atoms with Crippen molar-refractivity contribution in [1.82, 2.24) is 9.78 Å². The number of hydrogen-bond donors (Lipinski definition) is 1. The van der Waals surface area contributed by atoms with Gasteiger partial charge in [0.15, 0.2) is 0 Å². The van der Waals surface area contributed by atoms with Crippen LogP contribution in [0.4, 0.5) is 10.1 Å². The van der Waals surface area contributed by atoms with Gasteiger partial charge >= 0.3 is 0 Å². The normalized spacial score (nSPS) is 10.6. The molecule has 0 aliphatic heterocycles. The second-order valence-corrected chi connectivity index (χ2v) is 4.11. The number of nitrogens with zero attached hydrogens (tertiary/aromatic N) is 2. The molecule has 0 saturated carbocycles. The fourth-order valence-electron chi connectivity index (χ4n) is 1.47. The minimum absolute atomic E-state index is 0.320. The lowest BCUT2D eigenvalue weighted by molar-refractivity contribution is 0.627. The van der Waals surface area contributed by atoms with Gasteiger partial charge < -0.3 is 5.73 Å². The highest BCUT2D eigenvalue weighted by molar-refractivity contribution is 9.10. The van der Waals surface area contributed by atoms with E-state index in [2.05, 4.69) is 21.0 Å². The molecule has 0 saturated heterocycles. The van der Waals surface area contributed by atoms with Gasteiger partial charge in [0.25, 0.3) is 0 Å². The summed E-state index contributed by atoms with van der Waals surface area (Å²) in [5, 5.41) is 3.97. The van der Waals surface area contributed by atoms with Gasteiger partial charge in [0.05, 0.1) is 17.6 Å². The number of benzene rings is 1. The van der Waals surface area contributed by atoms with Crippen LogP contribution in [0.1, 0.15) is 0 Å². The van der Waals surface area contributed by atoms with Crippen LogP contribution in [0, 0.1) is 5.82 Å². The van der Waals surface area contributed by atoms with E-state index < -0.39 is 0 Å². The molecule has 0 amide bonds. The number of anilines is 1. The molecule has 1 heterocycles. The van der Waals surface area contributed by atoms with Crippen molar-refractivity contribution in [2.45, 2.75) is 0 Å². The van der Waals surface area contributed by atoms with E-state index in [1.54, 1.807) is 23.9 Å². The Morgan fingerprint density at radius 1 is 1.47 bits per heavy atom. The van der Waals surface area contributed by atoms with Crippen LogP contribution in [0.15, 0.2) is 28.9 Å². The highest BCUT2D eigenvalue weighted by atomic mass is 79.9. The van der Waals surface area contributed by atoms with Crippen molar-refractivity contribution in [3.63, 3.8) is 0 Å². The maximum Gasteiger partial charge on any atom is 0.133 e. The molecule has 1 aromatic carbocycles. The summed E-state index contributed by atoms with van der Waals surface area (Å²) in [5.41, 5.74) is 7.24. The molecular formula is C10H9BrFN3. The van der Waals surface area contributed by atoms with Crippen molar-refractivity contribution >= 4 is 21.6 Å². The van der Waals surface area contributed by atoms with Gasteiger partial charge in [-0.15, -0.1) is 0 Å². The summed E-state index contributed by atoms with van der Waals surface area (Å²) in [6, 6.07) is 4.85. The number of rotatable bonds is 1. The predicted molar refractivity (Wildman–Crippen MR) is 60.7 cm³/mol. The lowest BCUT2D eigenvalue weighted by atomic mass is 10.1. The quantitative estimate of drug-likeness (QED) is 0.865. The first kappa shape index (κ1) is 10.2. The number of nitrogen functional groups attached to an aromatic ring is 1. The Labute approximate surface area is 94.8 Å². The molecule has 0 radical (unpaired) electrons. The molecule has 0 unspecified atom stereocenters. The Morgan fingerprint density at radius 3 is 2.73 bits per heavy atom. The summed E-state index contributed by atoms with van der Waals surface area (Å²) in [7, 11) is 1.73. The summed E-state index contributed by atoms with van der Waals surface area (Å²) in [6.45, 7) is 0. The molecule has 0 bridgehead atoms. The van der Waals surface area contributed by atoms with Gasteiger partial charge in [0.1, 0.15) is 5.82 Å². The zero-order chi connectivity index (χ0) is 11.0. The largest absolute Gasteiger partial charge is 0.396 e. The average Bonchev–Trinajstić information content (AvgIpc) is 2.48. The number of aryl methyl sites for hydroxylation is 1. The van der Waals surface area contributed by atoms with Crippen LogP contribution in [0.3, 0.4) is 0 Å². The maximum absolute atomic E-state index is 13.6. The van der Waals surface area contributed by atoms with Crippen LogP contribution in [-0.2, 0) is 7.05 Å². The third-order valence-electron chi connectivity index (χ3n) is 2.15. The van der Waals surface area contributed by atoms with E-state index in [4.69, 9.17) is 5.73 Å². The van der Waals surface area contributed by atoms with Crippen molar-refractivity contribution in [3.05, 3.63) is 34.7 Å². The van der Waals surface area contributed by atoms with Crippen molar-refractivity contribution < 1.29 is 4.39 Å². The molecule has 78 valence electrons. The van der Waals surface area contributed by atoms with E-state index in [9.17, 15) is 4.39 Å². The Bertz CT molecular complexity index is 488. The zero-order valence-corrected chi connectivity index (χ0v) is 9.62. The van der Waals surface area contributed by atoms with Crippen molar-refractivity contribution in [1.29, 1.82) is 0 Å². The molecule has 0 aliphatic carbocycles. The van der Waals surface area contributed by atoms with Crippen LogP contribution in [0.2, 0.25) is 0 Å². The topological polar surface area (TPSA) is 43.8 Å². The van der Waals surface area contributed by atoms with Crippen molar-refractivity contribution in [2.75, 3.05) is 5.73 Å². The predicted octanol–water partition coefficient (Wildman–Crippen LogP) is 2.57. The first-order valence-corrected chi connectivity index (χ1v) is 5.12. The fourth-order valence-corrected chi connectivity index (χ4v) is 1.80. The minimum Gasteiger partial charge on any atom is -0.396 e. The van der Waals surface area contributed by atoms with Crippen LogP contribution >= 0.6 is 15.9 Å². The summed E-state index contributed by atoms with van der Waals surface area (Å²) >= 11 is 3.20. The van der Waals surface area contributed by atoms with Crippen LogP contribution in [0.25, 0.3) is 11.3 Å². The standard InChI is InChI=1S/C10H9BrFN3/c1-15-10(9(13)5-14-15)7-3-2-6(11)4-8(7)12/h2-5H,13H2,1H3. The van der Waals surface area contributed by atoms with Crippen molar-refractivity contribution in [2.24, 2.45) is 7.05 Å². The van der Waals surface area contributed by atoms with Gasteiger partial charge in [-0.2, -0.15) is 5.10 Å². The Balaban J connectivity index is 2.64. The molecule has 2 N–H and O–H groups in total. The summed E-state index contributed by atoms with van der Waals surface area (Å²) in [6.07, 6.45) is 1.51. The summed E-state index contributed by atoms with van der Waals surface area (Å²) in [4.78, 5) is 0. The van der Waals surface area contributed by atoms with E-state index in [-0.39, 0.29) is 5.82 Å². The SMILES string of the molecule is Cn1ncc(N)c1-c1ccc(Br)cc1F. The minimum atomic E-state index is -0.320. The Morgan fingerprint density at radius 2 is 2.20 bits per heavy atom. The van der Waals surface area contributed by atoms with E-state index >= 15 is 0 Å². The second-order valence-electron chi connectivity index (χ2n) is 3.20. The summed E-state index contributed by atoms with van der Waals surface area (Å²) in [5.74, 6) is -0.320. The number of halogens is 2. The van der Waals surface area contributed by atoms with Crippen LogP contribution in [0.5, 0.6) is 0 Å². The first-order chi connectivity index (χ1) is 7.09. The lowest BCUT2D eigenvalue weighted by Crippen LogP contribution is -1.97. The Kier molecular flexibility index (Phi) is 2.48. The van der Waals surface area contributed by atoms with E-state index in [1.165, 1.54) is 12.3 Å². The third-order valence-corrected chi connectivity index (χ3v) is 2.65. The smallest absolute Gasteiger partial charge is 0.133 e. The van der Waals surface area contributed by atoms with Crippen LogP contribution in [-0.4, -0.2) is 9.78 Å². The van der Waals surface area contributed by atoms with Gasteiger partial charge in [-0.1, -0.05) is 15.9 Å². The molecular weight excluding hydrogens is 261 g/mol. The number of nitrogens with two attached hydrogens (primary N) is 1. The molecule has 0 atom stereocenters. The van der Waals surface area contributed by atoms with Crippen molar-refractivity contribution in [3.8, 4) is 11.3 Å². The fraction of sp³-hybridized carbons (Fsp3) is 0.100. The van der Waals surface area contributed by atoms with Gasteiger partial charge in [0, 0.05) is 17.1 Å². The zero-order valence-electron chi connectivity index (χ0n) is 8.04. The molecule has 1 aromatic heterocycles. The lowest BCUT2D eigenvalue weighted by Gasteiger charge is -2.05. The molecule has 0 aliphatic rings. The molecule has 0 spiro atoms. The molecule has 2 aromatic rings. The molecule has 0 fully saturated rings. The van der Waals surface area contributed by atoms with E-state index in [1.807, 2.05) is 0 Å². The van der Waals surface area contributed by atoms with Crippen LogP contribution < -0.4 is 5.73 Å². The van der Waals surface area contributed by atoms with Gasteiger partial charge in [0.2, 0.25) is 0 Å². The average molecular weight is 270 g/mol. The number of hydrogen-bond acceptors (Lipinski definition) is 2. The summed E-state index contributed by atoms with van der Waals surface area (Å²) < 4.78 is 15.9. The molecule has 3 nitrogen and oxygen atoms in total. The molecule has 15 heavy (non-hydrogen) atoms. The van der Waals surface area contributed by atoms with Gasteiger partial charge in [-0.3, -0.25) is 4.68 Å². The second kappa shape index (κ2) is 3.66. The molecule has 5 heteroatoms. The highest BCUT2D eigenvalue weighted by Crippen LogP contribution is 2.29. The van der Waals surface area contributed by atoms with E-state index in [0.29, 0.717) is 21.4 Å².